The number of hydrogen-bond acceptors (Lipinski definition) is 13. The number of anilines is 1. The Morgan fingerprint density at radius 1 is 0.780 bits per heavy atom. The molecule has 0 bridgehead atoms. The van der Waals surface area contributed by atoms with Gasteiger partial charge in [-0.1, -0.05) is 68.3 Å². The van der Waals surface area contributed by atoms with Crippen LogP contribution in [0.25, 0.3) is 9.53 Å². The van der Waals surface area contributed by atoms with Crippen molar-refractivity contribution in [2.24, 2.45) is 20.5 Å². The van der Waals surface area contributed by atoms with Gasteiger partial charge < -0.3 is 19.1 Å². The van der Waals surface area contributed by atoms with Crippen LogP contribution in [0.1, 0.15) is 72.1 Å². The Labute approximate surface area is 302 Å². The average Bonchev–Trinajstić information content (AvgIpc) is 3.70. The van der Waals surface area contributed by atoms with Crippen molar-refractivity contribution in [3.8, 4) is 5.75 Å². The Kier molecular flexibility index (Phi) is 16.0. The van der Waals surface area contributed by atoms with Gasteiger partial charge in [-0.05, 0) is 81.3 Å². The molecule has 2 heterocycles. The van der Waals surface area contributed by atoms with Crippen molar-refractivity contribution in [3.63, 3.8) is 0 Å². The highest BCUT2D eigenvalue weighted by atomic mass is 32.1. The van der Waals surface area contributed by atoms with Crippen LogP contribution in [0.3, 0.4) is 0 Å². The van der Waals surface area contributed by atoms with Crippen LogP contribution in [0.15, 0.2) is 87.2 Å². The molecule has 0 radical (unpaired) electrons. The third-order valence-corrected chi connectivity index (χ3v) is 9.49. The molecule has 0 spiro atoms. The molecule has 13 heteroatoms. The normalized spacial score (nSPS) is 11.4. The molecule has 0 aliphatic heterocycles. The first-order valence-corrected chi connectivity index (χ1v) is 18.8. The van der Waals surface area contributed by atoms with Gasteiger partial charge in [0.2, 0.25) is 5.13 Å². The Balaban J connectivity index is 1.15. The van der Waals surface area contributed by atoms with Crippen molar-refractivity contribution >= 4 is 71.3 Å². The van der Waals surface area contributed by atoms with Crippen molar-refractivity contribution in [1.82, 2.24) is 4.98 Å². The minimum atomic E-state index is -0.376. The second-order valence-corrected chi connectivity index (χ2v) is 13.6. The van der Waals surface area contributed by atoms with Crippen LogP contribution in [0, 0.1) is 0 Å². The van der Waals surface area contributed by atoms with Gasteiger partial charge in [0.05, 0.1) is 35.8 Å². The predicted molar refractivity (Wildman–Crippen MR) is 201 cm³/mol. The summed E-state index contributed by atoms with van der Waals surface area (Å²) >= 11 is 2.91. The largest absolute Gasteiger partial charge is 0.494 e. The number of thiazole rings is 1. The van der Waals surface area contributed by atoms with Crippen molar-refractivity contribution in [3.05, 3.63) is 66.7 Å². The summed E-state index contributed by atoms with van der Waals surface area (Å²) in [5.74, 6) is 0.334. The molecule has 11 nitrogen and oxygen atoms in total. The second-order valence-electron chi connectivity index (χ2n) is 11.6. The molecular formula is C37H46N6O5S2. The molecule has 0 N–H and O–H groups in total. The van der Waals surface area contributed by atoms with E-state index in [0.717, 1.165) is 69.6 Å². The van der Waals surface area contributed by atoms with Gasteiger partial charge >= 0.3 is 11.9 Å². The van der Waals surface area contributed by atoms with Crippen molar-refractivity contribution < 1.29 is 23.8 Å². The SMILES string of the molecule is C=C(C)C(=O)OCCN(CC)c1ccc(N=Nc2nc3sc(N=Nc4ccc(OCCCCCCCCCOC(=O)CC)cc4)cc3s2)cc1. The van der Waals surface area contributed by atoms with Crippen LogP contribution >= 0.6 is 22.7 Å². The quantitative estimate of drug-likeness (QED) is 0.0342. The molecule has 0 aliphatic carbocycles. The number of carbonyl (C=O) groups excluding carboxylic acids is 2. The third-order valence-electron chi connectivity index (χ3n) is 7.57. The van der Waals surface area contributed by atoms with E-state index in [1.807, 2.05) is 61.5 Å². The third kappa shape index (κ3) is 13.1. The van der Waals surface area contributed by atoms with E-state index in [1.54, 1.807) is 6.92 Å². The van der Waals surface area contributed by atoms with E-state index in [-0.39, 0.29) is 11.9 Å². The lowest BCUT2D eigenvalue weighted by molar-refractivity contribution is -0.143. The Morgan fingerprint density at radius 3 is 2.06 bits per heavy atom. The maximum atomic E-state index is 11.6. The minimum Gasteiger partial charge on any atom is -0.494 e. The summed E-state index contributed by atoms with van der Waals surface area (Å²) in [6.45, 7) is 12.0. The van der Waals surface area contributed by atoms with E-state index in [0.29, 0.717) is 43.5 Å². The summed E-state index contributed by atoms with van der Waals surface area (Å²) in [6, 6.07) is 17.4. The first-order chi connectivity index (χ1) is 24.3. The summed E-state index contributed by atoms with van der Waals surface area (Å²) in [6.07, 6.45) is 8.21. The zero-order valence-corrected chi connectivity index (χ0v) is 30.8. The van der Waals surface area contributed by atoms with Gasteiger partial charge in [0.1, 0.15) is 22.2 Å². The van der Waals surface area contributed by atoms with Crippen LogP contribution in [0.5, 0.6) is 5.75 Å². The second kappa shape index (κ2) is 20.9. The van der Waals surface area contributed by atoms with E-state index in [4.69, 9.17) is 14.2 Å². The number of ether oxygens (including phenoxy) is 3. The Bertz CT molecular complexity index is 1680. The number of thiophene rings is 1. The molecule has 0 aliphatic rings. The average molecular weight is 719 g/mol. The highest BCUT2D eigenvalue weighted by Gasteiger charge is 2.10. The lowest BCUT2D eigenvalue weighted by Crippen LogP contribution is -2.28. The van der Waals surface area contributed by atoms with E-state index in [1.165, 1.54) is 41.9 Å². The molecule has 0 amide bonds. The molecule has 4 rings (SSSR count). The molecule has 0 fully saturated rings. The fourth-order valence-electron chi connectivity index (χ4n) is 4.76. The number of carbonyl (C=O) groups is 2. The highest BCUT2D eigenvalue weighted by Crippen LogP contribution is 2.39. The minimum absolute atomic E-state index is 0.115. The van der Waals surface area contributed by atoms with Crippen LogP contribution < -0.4 is 9.64 Å². The maximum Gasteiger partial charge on any atom is 0.333 e. The molecule has 266 valence electrons. The van der Waals surface area contributed by atoms with Crippen LogP contribution in [-0.4, -0.2) is 49.8 Å². The van der Waals surface area contributed by atoms with Crippen molar-refractivity contribution in [2.45, 2.75) is 72.1 Å². The summed E-state index contributed by atoms with van der Waals surface area (Å²) in [5.41, 5.74) is 2.87. The Hall–Kier alpha value is -4.49. The van der Waals surface area contributed by atoms with Crippen molar-refractivity contribution in [2.75, 3.05) is 37.8 Å². The molecule has 2 aromatic heterocycles. The first-order valence-electron chi connectivity index (χ1n) is 17.1. The fraction of sp³-hybridized carbons (Fsp3) is 0.432. The van der Waals surface area contributed by atoms with Gasteiger partial charge in [0.25, 0.3) is 0 Å². The van der Waals surface area contributed by atoms with Crippen LogP contribution in [-0.2, 0) is 19.1 Å². The van der Waals surface area contributed by atoms with Crippen LogP contribution in [0.2, 0.25) is 0 Å². The Morgan fingerprint density at radius 2 is 1.42 bits per heavy atom. The van der Waals surface area contributed by atoms with E-state index in [2.05, 4.69) is 43.8 Å². The summed E-state index contributed by atoms with van der Waals surface area (Å²) in [5, 5.41) is 18.8. The smallest absolute Gasteiger partial charge is 0.333 e. The predicted octanol–water partition coefficient (Wildman–Crippen LogP) is 11.2. The lowest BCUT2D eigenvalue weighted by Gasteiger charge is -2.22. The number of rotatable bonds is 22. The van der Waals surface area contributed by atoms with E-state index in [9.17, 15) is 9.59 Å². The summed E-state index contributed by atoms with van der Waals surface area (Å²) in [4.78, 5) is 30.3. The molecule has 4 aromatic rings. The van der Waals surface area contributed by atoms with Crippen molar-refractivity contribution in [1.29, 1.82) is 0 Å². The van der Waals surface area contributed by atoms with Gasteiger partial charge in [-0.15, -0.1) is 20.5 Å². The molecule has 0 unspecified atom stereocenters. The molecule has 2 aromatic carbocycles. The number of nitrogens with zero attached hydrogens (tertiary/aromatic N) is 6. The van der Waals surface area contributed by atoms with Gasteiger partial charge in [-0.2, -0.15) is 0 Å². The lowest BCUT2D eigenvalue weighted by atomic mass is 10.1. The number of hydrogen-bond donors (Lipinski definition) is 0. The number of unbranched alkanes of at least 4 members (excludes halogenated alkanes) is 6. The summed E-state index contributed by atoms with van der Waals surface area (Å²) < 4.78 is 17.2. The zero-order valence-electron chi connectivity index (χ0n) is 29.1. The number of fused-ring (bicyclic) bond motifs is 1. The number of azo groups is 2. The summed E-state index contributed by atoms with van der Waals surface area (Å²) in [7, 11) is 0. The van der Waals surface area contributed by atoms with Gasteiger partial charge in [-0.25, -0.2) is 9.78 Å². The molecular weight excluding hydrogens is 673 g/mol. The van der Waals surface area contributed by atoms with Gasteiger partial charge in [0, 0.05) is 24.2 Å². The zero-order chi connectivity index (χ0) is 35.6. The highest BCUT2D eigenvalue weighted by molar-refractivity contribution is 7.30. The van der Waals surface area contributed by atoms with Gasteiger partial charge in [0.15, 0.2) is 0 Å². The number of esters is 2. The number of benzene rings is 2. The van der Waals surface area contributed by atoms with E-state index < -0.39 is 0 Å². The monoisotopic (exact) mass is 718 g/mol. The topological polar surface area (TPSA) is 127 Å². The number of likely N-dealkylation sites (N-methyl/N-ethyl adjacent to an activating group) is 1. The van der Waals surface area contributed by atoms with Gasteiger partial charge in [-0.3, -0.25) is 4.79 Å². The van der Waals surface area contributed by atoms with E-state index >= 15 is 0 Å². The molecule has 0 atom stereocenters. The standard InChI is InChI=1S/C37H46N6O5S2/c1-5-34(44)47-24-13-11-9-7-8-10-12-23-46-31-20-16-29(17-21-31)39-41-33-26-32-35(50-33)38-37(49-32)42-40-28-14-18-30(19-15-28)43(6-2)22-25-48-36(45)27(3)4/h14-21,26H,3,5-13,22-25H2,1-2,4H3. The first kappa shape index (κ1) is 38.3. The number of aromatic nitrogens is 1. The molecule has 0 saturated heterocycles. The van der Waals surface area contributed by atoms with Crippen LogP contribution in [0.4, 0.5) is 27.2 Å². The maximum absolute atomic E-state index is 11.6. The molecule has 0 saturated carbocycles. The fourth-order valence-corrected chi connectivity index (χ4v) is 6.61. The molecule has 50 heavy (non-hydrogen) atoms.